The average Bonchev–Trinajstić information content (AvgIpc) is 2.38. The molecule has 0 saturated carbocycles. The van der Waals surface area contributed by atoms with Crippen LogP contribution in [0, 0.1) is 5.95 Å². The number of nitrogens with zero attached hydrogens (tertiary/aromatic N) is 1. The molecule has 2 rings (SSSR count). The van der Waals surface area contributed by atoms with Crippen molar-refractivity contribution in [3.8, 4) is 0 Å². The van der Waals surface area contributed by atoms with Gasteiger partial charge < -0.3 is 0 Å². The van der Waals surface area contributed by atoms with Crippen molar-refractivity contribution in [3.05, 3.63) is 65.2 Å². The van der Waals surface area contributed by atoms with E-state index in [0.29, 0.717) is 5.56 Å². The fraction of sp³-hybridized carbons (Fsp3) is 0.143. The molecule has 0 atom stereocenters. The maximum absolute atomic E-state index is 12.9. The molecule has 2 aromatic rings. The second-order valence-electron chi connectivity index (χ2n) is 4.17. The first-order chi connectivity index (χ1) is 9.36. The lowest BCUT2D eigenvalue weighted by Gasteiger charge is -2.08. The summed E-state index contributed by atoms with van der Waals surface area (Å²) in [7, 11) is 0. The van der Waals surface area contributed by atoms with Crippen LogP contribution in [-0.4, -0.2) is 10.8 Å². The molecule has 0 bridgehead atoms. The molecule has 20 heavy (non-hydrogen) atoms. The van der Waals surface area contributed by atoms with E-state index in [0.717, 1.165) is 18.2 Å². The Morgan fingerprint density at radius 1 is 1.15 bits per heavy atom. The third-order valence-corrected chi connectivity index (χ3v) is 2.67. The van der Waals surface area contributed by atoms with Crippen molar-refractivity contribution >= 4 is 5.78 Å². The van der Waals surface area contributed by atoms with Crippen LogP contribution in [0.2, 0.25) is 0 Å². The van der Waals surface area contributed by atoms with Gasteiger partial charge in [0.25, 0.3) is 0 Å². The van der Waals surface area contributed by atoms with Crippen LogP contribution in [0.5, 0.6) is 0 Å². The topological polar surface area (TPSA) is 30.0 Å². The third kappa shape index (κ3) is 3.40. The Morgan fingerprint density at radius 3 is 2.55 bits per heavy atom. The smallest absolute Gasteiger partial charge is 0.294 e. The first-order valence-electron chi connectivity index (χ1n) is 5.67. The molecule has 0 fully saturated rings. The Kier molecular flexibility index (Phi) is 3.83. The van der Waals surface area contributed by atoms with E-state index < -0.39 is 23.5 Å². The van der Waals surface area contributed by atoms with Crippen LogP contribution in [0.3, 0.4) is 0 Å². The highest BCUT2D eigenvalue weighted by atomic mass is 19.4. The lowest BCUT2D eigenvalue weighted by molar-refractivity contribution is -0.137. The van der Waals surface area contributed by atoms with Gasteiger partial charge in [0.2, 0.25) is 5.95 Å². The van der Waals surface area contributed by atoms with Gasteiger partial charge in [-0.2, -0.15) is 17.6 Å². The van der Waals surface area contributed by atoms with Crippen LogP contribution < -0.4 is 0 Å². The van der Waals surface area contributed by atoms with E-state index in [1.165, 1.54) is 24.4 Å². The molecular weight excluding hydrogens is 274 g/mol. The Balaban J connectivity index is 2.22. The molecule has 0 spiro atoms. The van der Waals surface area contributed by atoms with Gasteiger partial charge in [0.1, 0.15) is 0 Å². The second-order valence-corrected chi connectivity index (χ2v) is 4.17. The van der Waals surface area contributed by atoms with Crippen molar-refractivity contribution in [2.75, 3.05) is 0 Å². The monoisotopic (exact) mass is 283 g/mol. The molecule has 0 N–H and O–H groups in total. The number of hydrogen-bond acceptors (Lipinski definition) is 2. The molecule has 1 aromatic carbocycles. The number of ketones is 1. The first kappa shape index (κ1) is 14.2. The summed E-state index contributed by atoms with van der Waals surface area (Å²) in [5.74, 6) is -1.25. The van der Waals surface area contributed by atoms with E-state index in [4.69, 9.17) is 0 Å². The number of rotatable bonds is 3. The lowest BCUT2D eigenvalue weighted by atomic mass is 10.0. The van der Waals surface area contributed by atoms with Crippen molar-refractivity contribution in [1.29, 1.82) is 0 Å². The SMILES string of the molecule is O=C(Cc1ccnc(F)c1)c1cccc(C(F)(F)F)c1. The fourth-order valence-electron chi connectivity index (χ4n) is 1.71. The van der Waals surface area contributed by atoms with Gasteiger partial charge in [0, 0.05) is 18.2 Å². The molecule has 0 aliphatic rings. The summed E-state index contributed by atoms with van der Waals surface area (Å²) in [5, 5.41) is 0. The van der Waals surface area contributed by atoms with Crippen LogP contribution in [0.1, 0.15) is 21.5 Å². The predicted molar refractivity (Wildman–Crippen MR) is 63.7 cm³/mol. The van der Waals surface area contributed by atoms with Crippen LogP contribution in [0.15, 0.2) is 42.6 Å². The minimum Gasteiger partial charge on any atom is -0.294 e. The van der Waals surface area contributed by atoms with E-state index >= 15 is 0 Å². The van der Waals surface area contributed by atoms with Gasteiger partial charge in [0.15, 0.2) is 5.78 Å². The molecule has 104 valence electrons. The Bertz CT molecular complexity index is 637. The van der Waals surface area contributed by atoms with Gasteiger partial charge in [-0.05, 0) is 29.8 Å². The maximum atomic E-state index is 12.9. The summed E-state index contributed by atoms with van der Waals surface area (Å²) in [5.41, 5.74) is -0.582. The standard InChI is InChI=1S/C14H9F4NO/c15-13-7-9(4-5-19-13)6-12(20)10-2-1-3-11(8-10)14(16,17)18/h1-5,7-8H,6H2. The number of hydrogen-bond donors (Lipinski definition) is 0. The Morgan fingerprint density at radius 2 is 1.90 bits per heavy atom. The van der Waals surface area contributed by atoms with E-state index in [-0.39, 0.29) is 12.0 Å². The van der Waals surface area contributed by atoms with Gasteiger partial charge in [-0.15, -0.1) is 0 Å². The highest BCUT2D eigenvalue weighted by molar-refractivity contribution is 5.97. The first-order valence-corrected chi connectivity index (χ1v) is 5.67. The second kappa shape index (κ2) is 5.40. The van der Waals surface area contributed by atoms with Crippen molar-refractivity contribution in [2.45, 2.75) is 12.6 Å². The Labute approximate surface area is 112 Å². The van der Waals surface area contributed by atoms with Gasteiger partial charge in [-0.1, -0.05) is 12.1 Å². The lowest BCUT2D eigenvalue weighted by Crippen LogP contribution is -2.09. The zero-order valence-electron chi connectivity index (χ0n) is 10.1. The number of halogens is 4. The molecule has 0 saturated heterocycles. The van der Waals surface area contributed by atoms with Crippen LogP contribution >= 0.6 is 0 Å². The number of pyridine rings is 1. The number of carbonyl (C=O) groups is 1. The summed E-state index contributed by atoms with van der Waals surface area (Å²) in [6, 6.07) is 6.67. The van der Waals surface area contributed by atoms with Crippen LogP contribution in [-0.2, 0) is 12.6 Å². The highest BCUT2D eigenvalue weighted by Crippen LogP contribution is 2.29. The maximum Gasteiger partial charge on any atom is 0.416 e. The number of carbonyl (C=O) groups excluding carboxylic acids is 1. The van der Waals surface area contributed by atoms with Gasteiger partial charge in [-0.25, -0.2) is 4.98 Å². The van der Waals surface area contributed by atoms with Crippen molar-refractivity contribution in [1.82, 2.24) is 4.98 Å². The quantitative estimate of drug-likeness (QED) is 0.489. The van der Waals surface area contributed by atoms with E-state index in [1.54, 1.807) is 0 Å². The highest BCUT2D eigenvalue weighted by Gasteiger charge is 2.30. The van der Waals surface area contributed by atoms with Gasteiger partial charge in [0.05, 0.1) is 5.56 Å². The summed E-state index contributed by atoms with van der Waals surface area (Å²) < 4.78 is 50.5. The molecule has 0 aliphatic carbocycles. The molecule has 6 heteroatoms. The molecule has 0 unspecified atom stereocenters. The normalized spacial score (nSPS) is 11.4. The minimum absolute atomic E-state index is 0.0583. The summed E-state index contributed by atoms with van der Waals surface area (Å²) in [4.78, 5) is 15.2. The molecule has 0 radical (unpaired) electrons. The summed E-state index contributed by atoms with van der Waals surface area (Å²) >= 11 is 0. The van der Waals surface area contributed by atoms with Gasteiger partial charge in [-0.3, -0.25) is 4.79 Å². The van der Waals surface area contributed by atoms with Crippen LogP contribution in [0.25, 0.3) is 0 Å². The van der Waals surface area contributed by atoms with E-state index in [9.17, 15) is 22.4 Å². The summed E-state index contributed by atoms with van der Waals surface area (Å²) in [6.07, 6.45) is -3.48. The van der Waals surface area contributed by atoms with Crippen molar-refractivity contribution < 1.29 is 22.4 Å². The van der Waals surface area contributed by atoms with Crippen LogP contribution in [0.4, 0.5) is 17.6 Å². The zero-order valence-corrected chi connectivity index (χ0v) is 10.1. The van der Waals surface area contributed by atoms with Crippen molar-refractivity contribution in [3.63, 3.8) is 0 Å². The van der Waals surface area contributed by atoms with E-state index in [1.807, 2.05) is 0 Å². The molecule has 0 amide bonds. The number of benzene rings is 1. The molecule has 1 heterocycles. The fourth-order valence-corrected chi connectivity index (χ4v) is 1.71. The largest absolute Gasteiger partial charge is 0.416 e. The molecule has 2 nitrogen and oxygen atoms in total. The minimum atomic E-state index is -4.50. The van der Waals surface area contributed by atoms with Gasteiger partial charge >= 0.3 is 6.18 Å². The Hall–Kier alpha value is -2.24. The third-order valence-electron chi connectivity index (χ3n) is 2.67. The zero-order chi connectivity index (χ0) is 14.8. The number of Topliss-reactive ketones (excluding diaryl/α,β-unsaturated/α-hetero) is 1. The molecule has 1 aromatic heterocycles. The number of alkyl halides is 3. The molecular formula is C14H9F4NO. The average molecular weight is 283 g/mol. The molecule has 0 aliphatic heterocycles. The van der Waals surface area contributed by atoms with E-state index in [2.05, 4.69) is 4.98 Å². The number of aromatic nitrogens is 1. The van der Waals surface area contributed by atoms with Crippen molar-refractivity contribution in [2.24, 2.45) is 0 Å². The summed E-state index contributed by atoms with van der Waals surface area (Å²) in [6.45, 7) is 0. The predicted octanol–water partition coefficient (Wildman–Crippen LogP) is 3.66.